The van der Waals surface area contributed by atoms with Crippen LogP contribution in [0.15, 0.2) is 36.8 Å². The third-order valence-corrected chi connectivity index (χ3v) is 6.91. The number of likely N-dealkylation sites (tertiary alicyclic amines) is 1. The molecule has 190 valence electrons. The van der Waals surface area contributed by atoms with Crippen molar-refractivity contribution in [1.82, 2.24) is 25.4 Å². The van der Waals surface area contributed by atoms with E-state index in [0.717, 1.165) is 57.9 Å². The lowest BCUT2D eigenvalue weighted by Crippen LogP contribution is -2.48. The molecule has 2 atom stereocenters. The van der Waals surface area contributed by atoms with E-state index >= 15 is 0 Å². The van der Waals surface area contributed by atoms with Crippen LogP contribution in [0.3, 0.4) is 0 Å². The van der Waals surface area contributed by atoms with Gasteiger partial charge in [0, 0.05) is 56.6 Å². The third kappa shape index (κ3) is 7.01. The Balaban J connectivity index is 0.000000520. The van der Waals surface area contributed by atoms with Crippen molar-refractivity contribution in [2.45, 2.75) is 32.2 Å². The van der Waals surface area contributed by atoms with Crippen LogP contribution in [0.4, 0.5) is 5.82 Å². The summed E-state index contributed by atoms with van der Waals surface area (Å²) in [5.41, 5.74) is 0.882. The van der Waals surface area contributed by atoms with Crippen molar-refractivity contribution in [2.24, 2.45) is 17.3 Å². The van der Waals surface area contributed by atoms with Gasteiger partial charge in [-0.05, 0) is 50.3 Å². The Kier molecular flexibility index (Phi) is 9.59. The summed E-state index contributed by atoms with van der Waals surface area (Å²) in [6, 6.07) is 6.04. The van der Waals surface area contributed by atoms with Crippen LogP contribution < -0.4 is 10.2 Å². The molecule has 3 aliphatic rings. The number of hydrogen-bond donors (Lipinski definition) is 4. The minimum absolute atomic E-state index is 0.250. The monoisotopic (exact) mass is 486 g/mol. The molecule has 1 saturated carbocycles. The molecule has 1 aliphatic carbocycles. The zero-order chi connectivity index (χ0) is 25.1. The molecule has 0 unspecified atom stereocenters. The van der Waals surface area contributed by atoms with Crippen molar-refractivity contribution < 1.29 is 24.6 Å². The number of aromatic amines is 1. The van der Waals surface area contributed by atoms with E-state index in [2.05, 4.69) is 36.4 Å². The maximum atomic E-state index is 13.5. The first kappa shape index (κ1) is 26.1. The molecule has 5 rings (SSSR count). The molecule has 11 heteroatoms. The summed E-state index contributed by atoms with van der Waals surface area (Å²) in [4.78, 5) is 39.6. The highest BCUT2D eigenvalue weighted by Gasteiger charge is 2.53. The Morgan fingerprint density at radius 3 is 2.63 bits per heavy atom. The maximum Gasteiger partial charge on any atom is 0.290 e. The Morgan fingerprint density at radius 1 is 1.23 bits per heavy atom. The molecule has 1 amide bonds. The van der Waals surface area contributed by atoms with Crippen LogP contribution in [-0.4, -0.2) is 81.9 Å². The van der Waals surface area contributed by atoms with Gasteiger partial charge in [0.2, 0.25) is 5.91 Å². The highest BCUT2D eigenvalue weighted by Crippen LogP contribution is 2.44. The van der Waals surface area contributed by atoms with E-state index in [1.165, 1.54) is 18.4 Å². The van der Waals surface area contributed by atoms with Crippen LogP contribution in [-0.2, 0) is 20.9 Å². The summed E-state index contributed by atoms with van der Waals surface area (Å²) >= 11 is 0. The highest BCUT2D eigenvalue weighted by atomic mass is 16.3. The van der Waals surface area contributed by atoms with Gasteiger partial charge in [-0.3, -0.25) is 24.4 Å². The van der Waals surface area contributed by atoms with Gasteiger partial charge in [0.05, 0.1) is 11.6 Å². The number of nitrogens with zero attached hydrogens (tertiary/aromatic N) is 4. The smallest absolute Gasteiger partial charge is 0.290 e. The fourth-order valence-corrected chi connectivity index (χ4v) is 5.10. The molecule has 4 heterocycles. The summed E-state index contributed by atoms with van der Waals surface area (Å²) in [5.74, 6) is 2.25. The predicted molar refractivity (Wildman–Crippen MR) is 129 cm³/mol. The number of rotatable bonds is 6. The largest absolute Gasteiger partial charge is 0.483 e. The Bertz CT molecular complexity index is 918. The van der Waals surface area contributed by atoms with Gasteiger partial charge in [0.15, 0.2) is 0 Å². The van der Waals surface area contributed by atoms with Gasteiger partial charge in [-0.25, -0.2) is 4.98 Å². The SMILES string of the molecule is O=C(NCC1CC1)[C@]12CCCN(Cc3cn[nH]c3)C[C@H]1CN(c1ccccn1)C2.O=CO.O=CO. The molecule has 0 aromatic carbocycles. The minimum Gasteiger partial charge on any atom is -0.483 e. The summed E-state index contributed by atoms with van der Waals surface area (Å²) < 4.78 is 0. The van der Waals surface area contributed by atoms with Crippen molar-refractivity contribution in [3.63, 3.8) is 0 Å². The van der Waals surface area contributed by atoms with E-state index in [4.69, 9.17) is 19.8 Å². The molecule has 0 spiro atoms. The molecular weight excluding hydrogens is 452 g/mol. The number of carboxylic acid groups (broad SMARTS) is 2. The average Bonchev–Trinajstić information content (AvgIpc) is 3.47. The van der Waals surface area contributed by atoms with Crippen LogP contribution >= 0.6 is 0 Å². The summed E-state index contributed by atoms with van der Waals surface area (Å²) in [7, 11) is 0. The van der Waals surface area contributed by atoms with Crippen LogP contribution in [0.1, 0.15) is 31.2 Å². The van der Waals surface area contributed by atoms with E-state index in [0.29, 0.717) is 11.8 Å². The van der Waals surface area contributed by atoms with Crippen molar-refractivity contribution in [1.29, 1.82) is 0 Å². The molecule has 35 heavy (non-hydrogen) atoms. The molecule has 0 bridgehead atoms. The molecule has 2 aromatic heterocycles. The topological polar surface area (TPSA) is 152 Å². The fraction of sp³-hybridized carbons (Fsp3) is 0.542. The first-order chi connectivity index (χ1) is 17.1. The van der Waals surface area contributed by atoms with Crippen LogP contribution in [0, 0.1) is 17.3 Å². The van der Waals surface area contributed by atoms with E-state index in [1.807, 2.05) is 30.7 Å². The lowest BCUT2D eigenvalue weighted by atomic mass is 9.74. The lowest BCUT2D eigenvalue weighted by Gasteiger charge is -2.32. The van der Waals surface area contributed by atoms with Gasteiger partial charge in [0.25, 0.3) is 12.9 Å². The first-order valence-corrected chi connectivity index (χ1v) is 11.9. The zero-order valence-corrected chi connectivity index (χ0v) is 19.8. The molecule has 0 radical (unpaired) electrons. The average molecular weight is 487 g/mol. The zero-order valence-electron chi connectivity index (χ0n) is 19.8. The number of hydrogen-bond acceptors (Lipinski definition) is 7. The summed E-state index contributed by atoms with van der Waals surface area (Å²) in [6.07, 6.45) is 10.2. The van der Waals surface area contributed by atoms with Gasteiger partial charge < -0.3 is 20.4 Å². The molecule has 2 aromatic rings. The van der Waals surface area contributed by atoms with Crippen LogP contribution in [0.2, 0.25) is 0 Å². The van der Waals surface area contributed by atoms with E-state index in [1.54, 1.807) is 0 Å². The number of H-pyrrole nitrogens is 1. The number of nitrogens with one attached hydrogen (secondary N) is 2. The fourth-order valence-electron chi connectivity index (χ4n) is 5.10. The third-order valence-electron chi connectivity index (χ3n) is 6.91. The molecular formula is C24H34N6O5. The Labute approximate surface area is 204 Å². The van der Waals surface area contributed by atoms with Crippen LogP contribution in [0.5, 0.6) is 0 Å². The van der Waals surface area contributed by atoms with Crippen molar-refractivity contribution >= 4 is 24.7 Å². The minimum atomic E-state index is -0.322. The Morgan fingerprint density at radius 2 is 2.00 bits per heavy atom. The number of amides is 1. The van der Waals surface area contributed by atoms with E-state index < -0.39 is 0 Å². The molecule has 2 aliphatic heterocycles. The van der Waals surface area contributed by atoms with Gasteiger partial charge in [-0.2, -0.15) is 5.10 Å². The van der Waals surface area contributed by atoms with Crippen molar-refractivity contribution in [3.05, 3.63) is 42.4 Å². The number of anilines is 1. The van der Waals surface area contributed by atoms with E-state index in [-0.39, 0.29) is 24.3 Å². The van der Waals surface area contributed by atoms with Gasteiger partial charge >= 0.3 is 0 Å². The summed E-state index contributed by atoms with van der Waals surface area (Å²) in [6.45, 7) is 4.85. The number of fused-ring (bicyclic) bond motifs is 1. The number of aromatic nitrogens is 3. The number of pyridine rings is 1. The van der Waals surface area contributed by atoms with Crippen LogP contribution in [0.25, 0.3) is 0 Å². The maximum absolute atomic E-state index is 13.5. The second-order valence-corrected chi connectivity index (χ2v) is 9.23. The van der Waals surface area contributed by atoms with Gasteiger partial charge in [0.1, 0.15) is 5.82 Å². The van der Waals surface area contributed by atoms with Gasteiger partial charge in [-0.15, -0.1) is 0 Å². The predicted octanol–water partition coefficient (Wildman–Crippen LogP) is 1.45. The quantitative estimate of drug-likeness (QED) is 0.445. The lowest BCUT2D eigenvalue weighted by molar-refractivity contribution is -0.132. The van der Waals surface area contributed by atoms with Gasteiger partial charge in [-0.1, -0.05) is 6.07 Å². The molecule has 3 fully saturated rings. The van der Waals surface area contributed by atoms with E-state index in [9.17, 15) is 4.79 Å². The van der Waals surface area contributed by atoms with Crippen molar-refractivity contribution in [2.75, 3.05) is 37.6 Å². The summed E-state index contributed by atoms with van der Waals surface area (Å²) in [5, 5.41) is 24.1. The number of carbonyl (C=O) groups excluding carboxylic acids is 1. The normalized spacial score (nSPS) is 23.4. The number of carbonyl (C=O) groups is 3. The van der Waals surface area contributed by atoms with Crippen molar-refractivity contribution in [3.8, 4) is 0 Å². The second-order valence-electron chi connectivity index (χ2n) is 9.23. The Hall–Kier alpha value is -3.47. The molecule has 2 saturated heterocycles. The molecule has 4 N–H and O–H groups in total. The molecule has 11 nitrogen and oxygen atoms in total. The first-order valence-electron chi connectivity index (χ1n) is 11.9. The highest BCUT2D eigenvalue weighted by molar-refractivity contribution is 5.84. The standard InChI is InChI=1S/C22H30N6O.2CH2O2/c29-21(24-10-17-5-6-17)22-7-3-9-27(13-18-11-25-26-12-18)14-19(22)15-28(16-22)20-4-1-2-8-23-20;2*2-1-3/h1-2,4,8,11-12,17,19H,3,5-7,9-10,13-16H2,(H,24,29)(H,25,26);2*1H,(H,2,3)/t19-,22-;;/m0../s1. The second kappa shape index (κ2) is 12.8.